The van der Waals surface area contributed by atoms with Crippen LogP contribution in [0.1, 0.15) is 19.3 Å². The van der Waals surface area contributed by atoms with Crippen LogP contribution in [0.15, 0.2) is 24.3 Å². The number of carbonyl (C=O) groups is 1. The predicted octanol–water partition coefficient (Wildman–Crippen LogP) is 1.54. The first-order valence-corrected chi connectivity index (χ1v) is 6.51. The maximum atomic E-state index is 12.7. The number of benzene rings is 1. The number of fused-ring (bicyclic) bond motifs is 1. The van der Waals surface area contributed by atoms with Crippen LogP contribution in [-0.2, 0) is 4.79 Å². The lowest BCUT2D eigenvalue weighted by molar-refractivity contribution is -0.132. The number of carbonyl (C=O) groups excluding carboxylic acids is 1. The molecule has 1 saturated carbocycles. The summed E-state index contributed by atoms with van der Waals surface area (Å²) in [6, 6.07) is 7.71. The molecular formula is C14H18N2O2. The van der Waals surface area contributed by atoms with Crippen LogP contribution in [0.5, 0.6) is 5.75 Å². The molecule has 1 aliphatic carbocycles. The molecule has 0 spiro atoms. The Hall–Kier alpha value is -1.55. The van der Waals surface area contributed by atoms with Gasteiger partial charge in [0.1, 0.15) is 12.4 Å². The summed E-state index contributed by atoms with van der Waals surface area (Å²) in [5.41, 5.74) is 6.39. The minimum Gasteiger partial charge on any atom is -0.490 e. The highest BCUT2D eigenvalue weighted by Gasteiger charge is 2.46. The number of amides is 1. The molecule has 0 bridgehead atoms. The second-order valence-corrected chi connectivity index (χ2v) is 5.11. The van der Waals surface area contributed by atoms with E-state index in [1.54, 1.807) is 0 Å². The van der Waals surface area contributed by atoms with Crippen molar-refractivity contribution >= 4 is 11.6 Å². The van der Waals surface area contributed by atoms with Crippen molar-refractivity contribution in [2.75, 3.05) is 24.6 Å². The lowest BCUT2D eigenvalue weighted by atomic mass is 9.67. The number of anilines is 1. The summed E-state index contributed by atoms with van der Waals surface area (Å²) in [5.74, 6) is 0.968. The third kappa shape index (κ3) is 1.60. The molecule has 1 heterocycles. The Bertz CT molecular complexity index is 463. The Morgan fingerprint density at radius 3 is 2.83 bits per heavy atom. The van der Waals surface area contributed by atoms with Crippen LogP contribution in [0.3, 0.4) is 0 Å². The Balaban J connectivity index is 1.92. The van der Waals surface area contributed by atoms with E-state index in [2.05, 4.69) is 0 Å². The Morgan fingerprint density at radius 1 is 1.39 bits per heavy atom. The maximum Gasteiger partial charge on any atom is 0.234 e. The highest BCUT2D eigenvalue weighted by atomic mass is 16.5. The topological polar surface area (TPSA) is 55.6 Å². The maximum absolute atomic E-state index is 12.7. The van der Waals surface area contributed by atoms with Crippen molar-refractivity contribution in [3.05, 3.63) is 24.3 Å². The lowest BCUT2D eigenvalue weighted by Gasteiger charge is -2.43. The molecule has 3 rings (SSSR count). The Morgan fingerprint density at radius 2 is 2.17 bits per heavy atom. The lowest BCUT2D eigenvalue weighted by Crippen LogP contribution is -2.53. The summed E-state index contributed by atoms with van der Waals surface area (Å²) in [4.78, 5) is 14.5. The van der Waals surface area contributed by atoms with Crippen LogP contribution in [0.2, 0.25) is 0 Å². The van der Waals surface area contributed by atoms with Gasteiger partial charge in [-0.1, -0.05) is 18.6 Å². The summed E-state index contributed by atoms with van der Waals surface area (Å²) >= 11 is 0. The average Bonchev–Trinajstić information content (AvgIpc) is 2.37. The van der Waals surface area contributed by atoms with Crippen molar-refractivity contribution in [2.24, 2.45) is 11.1 Å². The molecule has 0 atom stereocenters. The fourth-order valence-corrected chi connectivity index (χ4v) is 2.78. The van der Waals surface area contributed by atoms with Crippen LogP contribution in [0.4, 0.5) is 5.69 Å². The Kier molecular flexibility index (Phi) is 2.74. The minimum absolute atomic E-state index is 0.173. The normalized spacial score (nSPS) is 20.6. The largest absolute Gasteiger partial charge is 0.490 e. The molecule has 4 nitrogen and oxygen atoms in total. The van der Waals surface area contributed by atoms with Gasteiger partial charge in [0, 0.05) is 6.54 Å². The molecule has 18 heavy (non-hydrogen) atoms. The van der Waals surface area contributed by atoms with Crippen LogP contribution in [-0.4, -0.2) is 25.6 Å². The number of rotatable bonds is 2. The van der Waals surface area contributed by atoms with Crippen molar-refractivity contribution in [1.29, 1.82) is 0 Å². The molecule has 2 aliphatic rings. The monoisotopic (exact) mass is 246 g/mol. The smallest absolute Gasteiger partial charge is 0.234 e. The standard InChI is InChI=1S/C14H18N2O2/c15-10-14(6-3-7-14)13(17)16-8-9-18-12-5-2-1-4-11(12)16/h1-2,4-5H,3,6-10,15H2. The molecule has 1 aromatic carbocycles. The zero-order valence-electron chi connectivity index (χ0n) is 10.4. The number of para-hydroxylation sites is 2. The summed E-state index contributed by atoms with van der Waals surface area (Å²) in [7, 11) is 0. The first-order valence-electron chi connectivity index (χ1n) is 6.51. The van der Waals surface area contributed by atoms with E-state index in [0.29, 0.717) is 19.7 Å². The van der Waals surface area contributed by atoms with Gasteiger partial charge in [-0.15, -0.1) is 0 Å². The van der Waals surface area contributed by atoms with Gasteiger partial charge in [-0.2, -0.15) is 0 Å². The van der Waals surface area contributed by atoms with Crippen molar-refractivity contribution in [3.8, 4) is 5.75 Å². The molecule has 4 heteroatoms. The van der Waals surface area contributed by atoms with Crippen LogP contribution < -0.4 is 15.4 Å². The van der Waals surface area contributed by atoms with E-state index in [1.807, 2.05) is 29.2 Å². The second kappa shape index (κ2) is 4.28. The molecular weight excluding hydrogens is 228 g/mol. The number of ether oxygens (including phenoxy) is 1. The van der Waals surface area contributed by atoms with Crippen molar-refractivity contribution in [3.63, 3.8) is 0 Å². The van der Waals surface area contributed by atoms with E-state index in [4.69, 9.17) is 10.5 Å². The van der Waals surface area contributed by atoms with Crippen molar-refractivity contribution in [1.82, 2.24) is 0 Å². The molecule has 0 aromatic heterocycles. The van der Waals surface area contributed by atoms with Crippen molar-refractivity contribution in [2.45, 2.75) is 19.3 Å². The first kappa shape index (κ1) is 11.5. The Labute approximate surface area is 107 Å². The van der Waals surface area contributed by atoms with E-state index < -0.39 is 0 Å². The summed E-state index contributed by atoms with van der Waals surface area (Å²) in [5, 5.41) is 0. The molecule has 2 N–H and O–H groups in total. The molecule has 1 amide bonds. The highest BCUT2D eigenvalue weighted by Crippen LogP contribution is 2.44. The van der Waals surface area contributed by atoms with Gasteiger partial charge in [0.25, 0.3) is 0 Å². The molecule has 96 valence electrons. The summed E-state index contributed by atoms with van der Waals surface area (Å²) in [6.07, 6.45) is 2.94. The van der Waals surface area contributed by atoms with Crippen LogP contribution in [0.25, 0.3) is 0 Å². The minimum atomic E-state index is -0.315. The van der Waals surface area contributed by atoms with Gasteiger partial charge in [-0.25, -0.2) is 0 Å². The molecule has 0 saturated heterocycles. The first-order chi connectivity index (χ1) is 8.77. The van der Waals surface area contributed by atoms with Gasteiger partial charge >= 0.3 is 0 Å². The van der Waals surface area contributed by atoms with E-state index in [9.17, 15) is 4.79 Å². The highest BCUT2D eigenvalue weighted by molar-refractivity contribution is 5.99. The second-order valence-electron chi connectivity index (χ2n) is 5.11. The van der Waals surface area contributed by atoms with Gasteiger partial charge in [-0.3, -0.25) is 4.79 Å². The molecule has 0 unspecified atom stereocenters. The molecule has 1 aromatic rings. The van der Waals surface area contributed by atoms with E-state index >= 15 is 0 Å². The SMILES string of the molecule is NCC1(C(=O)N2CCOc3ccccc32)CCC1. The van der Waals surface area contributed by atoms with Gasteiger partial charge in [0.2, 0.25) is 5.91 Å². The quantitative estimate of drug-likeness (QED) is 0.861. The van der Waals surface area contributed by atoms with Gasteiger partial charge in [-0.05, 0) is 25.0 Å². The number of nitrogens with two attached hydrogens (primary N) is 1. The number of hydrogen-bond acceptors (Lipinski definition) is 3. The average molecular weight is 246 g/mol. The zero-order chi connectivity index (χ0) is 12.6. The molecule has 1 fully saturated rings. The summed E-state index contributed by atoms with van der Waals surface area (Å²) in [6.45, 7) is 1.63. The van der Waals surface area contributed by atoms with Crippen LogP contribution >= 0.6 is 0 Å². The summed E-state index contributed by atoms with van der Waals surface area (Å²) < 4.78 is 5.58. The van der Waals surface area contributed by atoms with Crippen molar-refractivity contribution < 1.29 is 9.53 Å². The fraction of sp³-hybridized carbons (Fsp3) is 0.500. The van der Waals surface area contributed by atoms with Gasteiger partial charge in [0.15, 0.2) is 0 Å². The predicted molar refractivity (Wildman–Crippen MR) is 69.6 cm³/mol. The fourth-order valence-electron chi connectivity index (χ4n) is 2.78. The zero-order valence-corrected chi connectivity index (χ0v) is 10.4. The van der Waals surface area contributed by atoms with E-state index in [1.165, 1.54) is 0 Å². The third-order valence-electron chi connectivity index (χ3n) is 4.13. The van der Waals surface area contributed by atoms with E-state index in [-0.39, 0.29) is 11.3 Å². The van der Waals surface area contributed by atoms with Crippen LogP contribution in [0, 0.1) is 5.41 Å². The van der Waals surface area contributed by atoms with Gasteiger partial charge in [0.05, 0.1) is 17.6 Å². The van der Waals surface area contributed by atoms with E-state index in [0.717, 1.165) is 30.7 Å². The molecule has 0 radical (unpaired) electrons. The number of hydrogen-bond donors (Lipinski definition) is 1. The third-order valence-corrected chi connectivity index (χ3v) is 4.13. The number of nitrogens with zero attached hydrogens (tertiary/aromatic N) is 1. The molecule has 1 aliphatic heterocycles. The van der Waals surface area contributed by atoms with Gasteiger partial charge < -0.3 is 15.4 Å².